The largest absolute Gasteiger partial charge is 0.360 e. The van der Waals surface area contributed by atoms with Crippen molar-refractivity contribution in [3.8, 4) is 0 Å². The van der Waals surface area contributed by atoms with Crippen molar-refractivity contribution in [2.45, 2.75) is 37.5 Å². The highest BCUT2D eigenvalue weighted by Gasteiger charge is 2.52. The Bertz CT molecular complexity index is 864. The quantitative estimate of drug-likeness (QED) is 0.907. The first-order valence-corrected chi connectivity index (χ1v) is 9.76. The van der Waals surface area contributed by atoms with Gasteiger partial charge in [0.2, 0.25) is 5.91 Å². The number of aromatic nitrogens is 1. The Balaban J connectivity index is 1.32. The minimum Gasteiger partial charge on any atom is -0.360 e. The second kappa shape index (κ2) is 6.22. The van der Waals surface area contributed by atoms with E-state index < -0.39 is 5.41 Å². The summed E-state index contributed by atoms with van der Waals surface area (Å²) in [5.74, 6) is 1.47. The molecule has 6 nitrogen and oxygen atoms in total. The summed E-state index contributed by atoms with van der Waals surface area (Å²) in [6, 6.07) is 12.0. The van der Waals surface area contributed by atoms with Gasteiger partial charge in [-0.05, 0) is 31.2 Å². The number of hydrogen-bond donors (Lipinski definition) is 1. The molecular formula is C21H23N3O3. The topological polar surface area (TPSA) is 75.4 Å². The molecule has 2 saturated heterocycles. The molecule has 2 aromatic rings. The van der Waals surface area contributed by atoms with E-state index in [1.165, 1.54) is 5.56 Å². The normalized spacial score (nSPS) is 24.2. The van der Waals surface area contributed by atoms with Crippen LogP contribution in [-0.4, -0.2) is 41.5 Å². The van der Waals surface area contributed by atoms with Crippen LogP contribution in [0.4, 0.5) is 0 Å². The number of piperidine rings is 1. The lowest BCUT2D eigenvalue weighted by Crippen LogP contribution is -2.48. The second-order valence-electron chi connectivity index (χ2n) is 8.01. The molecule has 140 valence electrons. The van der Waals surface area contributed by atoms with Gasteiger partial charge in [-0.2, -0.15) is 0 Å². The van der Waals surface area contributed by atoms with Crippen LogP contribution in [0.15, 0.2) is 40.9 Å². The van der Waals surface area contributed by atoms with E-state index in [0.717, 1.165) is 18.6 Å². The van der Waals surface area contributed by atoms with Gasteiger partial charge in [-0.15, -0.1) is 0 Å². The van der Waals surface area contributed by atoms with Crippen molar-refractivity contribution in [3.63, 3.8) is 0 Å². The Morgan fingerprint density at radius 2 is 1.93 bits per heavy atom. The molecule has 1 saturated carbocycles. The lowest BCUT2D eigenvalue weighted by molar-refractivity contribution is -0.130. The van der Waals surface area contributed by atoms with Crippen LogP contribution in [0.5, 0.6) is 0 Å². The summed E-state index contributed by atoms with van der Waals surface area (Å²) in [7, 11) is 0. The number of benzene rings is 1. The van der Waals surface area contributed by atoms with Gasteiger partial charge in [0.1, 0.15) is 5.76 Å². The lowest BCUT2D eigenvalue weighted by Gasteiger charge is -2.40. The van der Waals surface area contributed by atoms with E-state index >= 15 is 0 Å². The van der Waals surface area contributed by atoms with Crippen molar-refractivity contribution in [1.29, 1.82) is 0 Å². The molecule has 3 heterocycles. The molecule has 0 bridgehead atoms. The molecule has 27 heavy (non-hydrogen) atoms. The van der Waals surface area contributed by atoms with Crippen molar-refractivity contribution in [1.82, 2.24) is 15.4 Å². The van der Waals surface area contributed by atoms with Gasteiger partial charge < -0.3 is 14.7 Å². The van der Waals surface area contributed by atoms with Crippen molar-refractivity contribution in [3.05, 3.63) is 53.4 Å². The van der Waals surface area contributed by atoms with Gasteiger partial charge in [-0.3, -0.25) is 9.59 Å². The number of carbonyl (C=O) groups excluding carboxylic acids is 2. The summed E-state index contributed by atoms with van der Waals surface area (Å²) in [5.41, 5.74) is 1.17. The molecule has 3 fully saturated rings. The van der Waals surface area contributed by atoms with Crippen LogP contribution in [-0.2, 0) is 4.79 Å². The zero-order valence-electron chi connectivity index (χ0n) is 15.2. The van der Waals surface area contributed by atoms with E-state index in [0.29, 0.717) is 44.1 Å². The maximum absolute atomic E-state index is 12.8. The smallest absolute Gasteiger partial charge is 0.276 e. The van der Waals surface area contributed by atoms with Crippen LogP contribution < -0.4 is 5.32 Å². The van der Waals surface area contributed by atoms with Gasteiger partial charge in [0.05, 0.1) is 5.41 Å². The van der Waals surface area contributed by atoms with Gasteiger partial charge in [-0.25, -0.2) is 0 Å². The van der Waals surface area contributed by atoms with Gasteiger partial charge in [0, 0.05) is 37.5 Å². The predicted molar refractivity (Wildman–Crippen MR) is 98.2 cm³/mol. The highest BCUT2D eigenvalue weighted by Crippen LogP contribution is 2.48. The number of hydrogen-bond acceptors (Lipinski definition) is 4. The Morgan fingerprint density at radius 1 is 1.19 bits per heavy atom. The number of nitrogens with one attached hydrogen (secondary N) is 1. The van der Waals surface area contributed by atoms with E-state index in [4.69, 9.17) is 4.52 Å². The molecule has 2 amide bonds. The minimum absolute atomic E-state index is 0.0878. The molecule has 0 radical (unpaired) electrons. The monoisotopic (exact) mass is 365 g/mol. The third-order valence-corrected chi connectivity index (χ3v) is 6.46. The van der Waals surface area contributed by atoms with Crippen LogP contribution in [0.3, 0.4) is 0 Å². The molecule has 1 unspecified atom stereocenters. The molecule has 1 aromatic carbocycles. The van der Waals surface area contributed by atoms with Crippen LogP contribution >= 0.6 is 0 Å². The van der Waals surface area contributed by atoms with E-state index in [2.05, 4.69) is 22.6 Å². The fourth-order valence-corrected chi connectivity index (χ4v) is 4.64. The average Bonchev–Trinajstić information content (AvgIpc) is 3.36. The van der Waals surface area contributed by atoms with Crippen LogP contribution in [0.2, 0.25) is 0 Å². The highest BCUT2D eigenvalue weighted by molar-refractivity contribution is 5.93. The van der Waals surface area contributed by atoms with Gasteiger partial charge in [0.25, 0.3) is 5.91 Å². The molecule has 5 rings (SSSR count). The van der Waals surface area contributed by atoms with Crippen molar-refractivity contribution < 1.29 is 14.1 Å². The number of carbonyl (C=O) groups is 2. The molecule has 1 spiro atoms. The van der Waals surface area contributed by atoms with Gasteiger partial charge in [0.15, 0.2) is 5.69 Å². The Hall–Kier alpha value is -2.63. The Kier molecular flexibility index (Phi) is 3.81. The molecule has 1 atom stereocenters. The summed E-state index contributed by atoms with van der Waals surface area (Å²) in [6.45, 7) is 1.81. The first kappa shape index (κ1) is 16.5. The van der Waals surface area contributed by atoms with E-state index in [-0.39, 0.29) is 17.7 Å². The van der Waals surface area contributed by atoms with Crippen LogP contribution in [0.25, 0.3) is 0 Å². The predicted octanol–water partition coefficient (Wildman–Crippen LogP) is 2.69. The average molecular weight is 365 g/mol. The maximum Gasteiger partial charge on any atom is 0.276 e. The summed E-state index contributed by atoms with van der Waals surface area (Å²) in [5, 5.41) is 7.03. The van der Waals surface area contributed by atoms with Crippen molar-refractivity contribution in [2.75, 3.05) is 19.6 Å². The third-order valence-electron chi connectivity index (χ3n) is 6.46. The lowest BCUT2D eigenvalue weighted by atomic mass is 9.68. The van der Waals surface area contributed by atoms with E-state index in [9.17, 15) is 9.59 Å². The molecular weight excluding hydrogens is 342 g/mol. The summed E-state index contributed by atoms with van der Waals surface area (Å²) in [4.78, 5) is 27.3. The zero-order chi connectivity index (χ0) is 18.4. The molecule has 1 aromatic heterocycles. The van der Waals surface area contributed by atoms with E-state index in [1.807, 2.05) is 23.1 Å². The Morgan fingerprint density at radius 3 is 2.63 bits per heavy atom. The minimum atomic E-state index is -0.416. The number of nitrogens with zero attached hydrogens (tertiary/aromatic N) is 2. The molecule has 3 aliphatic rings. The van der Waals surface area contributed by atoms with Gasteiger partial charge in [-0.1, -0.05) is 35.5 Å². The second-order valence-corrected chi connectivity index (χ2v) is 8.01. The zero-order valence-corrected chi connectivity index (χ0v) is 15.2. The molecule has 6 heteroatoms. The van der Waals surface area contributed by atoms with Crippen molar-refractivity contribution >= 4 is 11.8 Å². The number of rotatable bonds is 3. The first-order chi connectivity index (χ1) is 13.2. The maximum atomic E-state index is 12.8. The van der Waals surface area contributed by atoms with Crippen LogP contribution in [0, 0.1) is 5.41 Å². The number of amides is 2. The van der Waals surface area contributed by atoms with Crippen LogP contribution in [0.1, 0.15) is 59.3 Å². The highest BCUT2D eigenvalue weighted by atomic mass is 16.5. The summed E-state index contributed by atoms with van der Waals surface area (Å²) < 4.78 is 5.32. The molecule has 2 aliphatic heterocycles. The first-order valence-electron chi connectivity index (χ1n) is 9.76. The molecule has 1 aliphatic carbocycles. The third kappa shape index (κ3) is 2.74. The Labute approximate surface area is 157 Å². The SMILES string of the molecule is O=C(c1cc(C2CC2)on1)N1CCC2(CC1)C(=O)NCC2c1ccccc1. The van der Waals surface area contributed by atoms with Gasteiger partial charge >= 0.3 is 0 Å². The summed E-state index contributed by atoms with van der Waals surface area (Å²) in [6.07, 6.45) is 3.59. The standard InChI is InChI=1S/C21H23N3O3/c25-19(17-12-18(27-23-17)15-6-7-15)24-10-8-21(9-11-24)16(13-22-20(21)26)14-4-2-1-3-5-14/h1-5,12,15-16H,6-11,13H2,(H,22,26). The number of likely N-dealkylation sites (tertiary alicyclic amines) is 1. The summed E-state index contributed by atoms with van der Waals surface area (Å²) >= 11 is 0. The van der Waals surface area contributed by atoms with E-state index in [1.54, 1.807) is 6.07 Å². The fourth-order valence-electron chi connectivity index (χ4n) is 4.64. The molecule has 1 N–H and O–H groups in total. The fraction of sp³-hybridized carbons (Fsp3) is 0.476. The van der Waals surface area contributed by atoms with Crippen molar-refractivity contribution in [2.24, 2.45) is 5.41 Å².